The van der Waals surface area contributed by atoms with Crippen molar-refractivity contribution >= 4 is 11.8 Å². The Hall–Kier alpha value is -1.60. The Morgan fingerprint density at radius 2 is 2.27 bits per heavy atom. The average Bonchev–Trinajstić information content (AvgIpc) is 1.99. The lowest BCUT2D eigenvalue weighted by molar-refractivity contribution is 0.471. The van der Waals surface area contributed by atoms with Gasteiger partial charge in [-0.1, -0.05) is 6.07 Å². The van der Waals surface area contributed by atoms with Crippen molar-refractivity contribution in [1.29, 1.82) is 0 Å². The van der Waals surface area contributed by atoms with E-state index in [-0.39, 0.29) is 5.75 Å². The zero-order valence-corrected chi connectivity index (χ0v) is 6.03. The molecule has 1 rings (SSSR count). The van der Waals surface area contributed by atoms with Gasteiger partial charge in [-0.2, -0.15) is 4.99 Å². The number of nitrogens with zero attached hydrogens (tertiary/aromatic N) is 1. The fraction of sp³-hybridized carbons (Fsp3) is 0.125. The molecular formula is C8H7NO2. The van der Waals surface area contributed by atoms with Gasteiger partial charge in [0.2, 0.25) is 6.08 Å². The van der Waals surface area contributed by atoms with Crippen LogP contribution in [0, 0.1) is 6.92 Å². The highest BCUT2D eigenvalue weighted by molar-refractivity contribution is 5.57. The Morgan fingerprint density at radius 1 is 1.55 bits per heavy atom. The summed E-state index contributed by atoms with van der Waals surface area (Å²) >= 11 is 0. The molecule has 0 aromatic heterocycles. The smallest absolute Gasteiger partial charge is 0.240 e. The number of phenols is 1. The van der Waals surface area contributed by atoms with Gasteiger partial charge in [0, 0.05) is 5.56 Å². The van der Waals surface area contributed by atoms with Crippen LogP contribution in [0.1, 0.15) is 5.56 Å². The van der Waals surface area contributed by atoms with Gasteiger partial charge in [-0.3, -0.25) is 0 Å². The minimum absolute atomic E-state index is 0.140. The van der Waals surface area contributed by atoms with Gasteiger partial charge in [-0.25, -0.2) is 4.79 Å². The number of hydrogen-bond acceptors (Lipinski definition) is 3. The summed E-state index contributed by atoms with van der Waals surface area (Å²) in [5.74, 6) is 0.140. The van der Waals surface area contributed by atoms with Gasteiger partial charge in [0.05, 0.1) is 5.69 Å². The largest absolute Gasteiger partial charge is 0.508 e. The maximum absolute atomic E-state index is 9.86. The van der Waals surface area contributed by atoms with Gasteiger partial charge in [-0.15, -0.1) is 0 Å². The fourth-order valence-electron chi connectivity index (χ4n) is 0.782. The summed E-state index contributed by atoms with van der Waals surface area (Å²) < 4.78 is 0. The van der Waals surface area contributed by atoms with E-state index in [0.717, 1.165) is 0 Å². The van der Waals surface area contributed by atoms with Crippen LogP contribution in [0.3, 0.4) is 0 Å². The Morgan fingerprint density at radius 3 is 2.91 bits per heavy atom. The molecule has 0 spiro atoms. The van der Waals surface area contributed by atoms with E-state index in [4.69, 9.17) is 5.11 Å². The van der Waals surface area contributed by atoms with Crippen LogP contribution in [0.25, 0.3) is 0 Å². The van der Waals surface area contributed by atoms with Crippen molar-refractivity contribution in [2.75, 3.05) is 0 Å². The number of aliphatic imine (C=N–C) groups is 1. The highest BCUT2D eigenvalue weighted by Gasteiger charge is 1.99. The summed E-state index contributed by atoms with van der Waals surface area (Å²) in [5.41, 5.74) is 1.05. The van der Waals surface area contributed by atoms with E-state index in [0.29, 0.717) is 11.3 Å². The van der Waals surface area contributed by atoms with E-state index in [1.165, 1.54) is 6.08 Å². The van der Waals surface area contributed by atoms with Gasteiger partial charge < -0.3 is 5.11 Å². The van der Waals surface area contributed by atoms with Crippen LogP contribution >= 0.6 is 0 Å². The molecule has 1 aromatic rings. The predicted octanol–water partition coefficient (Wildman–Crippen LogP) is 1.67. The van der Waals surface area contributed by atoms with Gasteiger partial charge in [0.25, 0.3) is 0 Å². The van der Waals surface area contributed by atoms with Crippen molar-refractivity contribution in [3.8, 4) is 5.75 Å². The lowest BCUT2D eigenvalue weighted by Gasteiger charge is -1.98. The molecule has 0 unspecified atom stereocenters. The van der Waals surface area contributed by atoms with Gasteiger partial charge in [-0.05, 0) is 19.1 Å². The fourth-order valence-corrected chi connectivity index (χ4v) is 0.782. The number of rotatable bonds is 1. The summed E-state index contributed by atoms with van der Waals surface area (Å²) in [5, 5.41) is 9.14. The second kappa shape index (κ2) is 2.99. The zero-order valence-electron chi connectivity index (χ0n) is 6.03. The number of benzene rings is 1. The molecule has 3 heteroatoms. The van der Waals surface area contributed by atoms with Crippen molar-refractivity contribution in [1.82, 2.24) is 0 Å². The van der Waals surface area contributed by atoms with Crippen LogP contribution in [0.5, 0.6) is 5.75 Å². The van der Waals surface area contributed by atoms with Crippen LogP contribution in [0.15, 0.2) is 23.2 Å². The van der Waals surface area contributed by atoms with E-state index >= 15 is 0 Å². The Balaban J connectivity index is 3.26. The standard InChI is InChI=1S/C8H7NO2/c1-6-7(9-5-10)3-2-4-8(6)11/h2-4,11H,1H3. The van der Waals surface area contributed by atoms with Gasteiger partial charge in [0.15, 0.2) is 0 Å². The molecule has 0 amide bonds. The monoisotopic (exact) mass is 149 g/mol. The number of isocyanates is 1. The molecule has 1 aromatic carbocycles. The summed E-state index contributed by atoms with van der Waals surface area (Å²) in [6.07, 6.45) is 1.42. The molecule has 0 fully saturated rings. The third-order valence-electron chi connectivity index (χ3n) is 1.44. The molecule has 0 aliphatic carbocycles. The number of carbonyl (C=O) groups excluding carboxylic acids is 1. The average molecular weight is 149 g/mol. The Labute approximate surface area is 64.0 Å². The van der Waals surface area contributed by atoms with Crippen LogP contribution < -0.4 is 0 Å². The molecule has 0 saturated heterocycles. The van der Waals surface area contributed by atoms with E-state index in [1.807, 2.05) is 0 Å². The quantitative estimate of drug-likeness (QED) is 0.487. The number of phenolic OH excluding ortho intramolecular Hbond substituents is 1. The summed E-state index contributed by atoms with van der Waals surface area (Å²) in [7, 11) is 0. The first-order valence-corrected chi connectivity index (χ1v) is 3.12. The first-order chi connectivity index (χ1) is 5.25. The maximum atomic E-state index is 9.86. The lowest BCUT2D eigenvalue weighted by atomic mass is 10.2. The van der Waals surface area contributed by atoms with E-state index in [9.17, 15) is 4.79 Å². The molecule has 0 aliphatic heterocycles. The molecule has 1 N–H and O–H groups in total. The predicted molar refractivity (Wildman–Crippen MR) is 40.6 cm³/mol. The number of hydrogen-bond donors (Lipinski definition) is 1. The molecule has 0 bridgehead atoms. The van der Waals surface area contributed by atoms with Crippen molar-refractivity contribution < 1.29 is 9.90 Å². The molecular weight excluding hydrogens is 142 g/mol. The van der Waals surface area contributed by atoms with Crippen molar-refractivity contribution in [3.05, 3.63) is 23.8 Å². The lowest BCUT2D eigenvalue weighted by Crippen LogP contribution is -1.74. The van der Waals surface area contributed by atoms with Crippen molar-refractivity contribution in [2.24, 2.45) is 4.99 Å². The second-order valence-electron chi connectivity index (χ2n) is 2.12. The molecule has 3 nitrogen and oxygen atoms in total. The summed E-state index contributed by atoms with van der Waals surface area (Å²) in [4.78, 5) is 13.3. The highest BCUT2D eigenvalue weighted by Crippen LogP contribution is 2.25. The minimum atomic E-state index is 0.140. The second-order valence-corrected chi connectivity index (χ2v) is 2.12. The summed E-state index contributed by atoms with van der Waals surface area (Å²) in [6.45, 7) is 1.69. The first kappa shape index (κ1) is 7.51. The van der Waals surface area contributed by atoms with Crippen molar-refractivity contribution in [3.63, 3.8) is 0 Å². The van der Waals surface area contributed by atoms with Crippen LogP contribution in [-0.2, 0) is 4.79 Å². The molecule has 0 radical (unpaired) electrons. The van der Waals surface area contributed by atoms with E-state index in [2.05, 4.69) is 4.99 Å². The molecule has 11 heavy (non-hydrogen) atoms. The van der Waals surface area contributed by atoms with Gasteiger partial charge in [0.1, 0.15) is 5.75 Å². The molecule has 0 heterocycles. The number of aromatic hydroxyl groups is 1. The zero-order chi connectivity index (χ0) is 8.27. The van der Waals surface area contributed by atoms with Gasteiger partial charge >= 0.3 is 0 Å². The molecule has 0 atom stereocenters. The third kappa shape index (κ3) is 1.45. The van der Waals surface area contributed by atoms with E-state index < -0.39 is 0 Å². The molecule has 56 valence electrons. The SMILES string of the molecule is Cc1c(O)cccc1N=C=O. The topological polar surface area (TPSA) is 49.7 Å². The van der Waals surface area contributed by atoms with Crippen LogP contribution in [-0.4, -0.2) is 11.2 Å². The normalized spacial score (nSPS) is 8.82. The summed E-state index contributed by atoms with van der Waals surface area (Å²) in [6, 6.07) is 4.80. The van der Waals surface area contributed by atoms with E-state index in [1.54, 1.807) is 25.1 Å². The minimum Gasteiger partial charge on any atom is -0.508 e. The Kier molecular flexibility index (Phi) is 2.04. The van der Waals surface area contributed by atoms with Crippen LogP contribution in [0.4, 0.5) is 5.69 Å². The highest BCUT2D eigenvalue weighted by atomic mass is 16.3. The van der Waals surface area contributed by atoms with Crippen molar-refractivity contribution in [2.45, 2.75) is 6.92 Å². The van der Waals surface area contributed by atoms with Crippen LogP contribution in [0.2, 0.25) is 0 Å². The maximum Gasteiger partial charge on any atom is 0.240 e. The molecule has 0 saturated carbocycles. The Bertz CT molecular complexity index is 314. The molecule has 0 aliphatic rings. The third-order valence-corrected chi connectivity index (χ3v) is 1.44. The first-order valence-electron chi connectivity index (χ1n) is 3.12.